The van der Waals surface area contributed by atoms with Crippen LogP contribution in [0.5, 0.6) is 28.7 Å². The van der Waals surface area contributed by atoms with Crippen molar-refractivity contribution in [3.05, 3.63) is 77.4 Å². The maximum Gasteiger partial charge on any atom is 0.251 e. The Morgan fingerprint density at radius 3 is 1.91 bits per heavy atom. The van der Waals surface area contributed by atoms with Crippen LogP contribution in [0.2, 0.25) is 0 Å². The standard InChI is InChI=1S/C27H31NO6/c1-30-22-12-11-19(14-23(22)31-2)21(13-18-9-7-6-8-10-18)17-28-27(29)20-15-24(32-3)26(34-5)25(16-20)33-4/h6-12,14-16,21H,13,17H2,1-5H3,(H,28,29). The van der Waals surface area contributed by atoms with Gasteiger partial charge in [-0.05, 0) is 41.8 Å². The first-order valence-electron chi connectivity index (χ1n) is 10.9. The van der Waals surface area contributed by atoms with Gasteiger partial charge in [0.25, 0.3) is 5.91 Å². The summed E-state index contributed by atoms with van der Waals surface area (Å²) in [5, 5.41) is 3.06. The van der Waals surface area contributed by atoms with Crippen LogP contribution in [0.4, 0.5) is 0 Å². The Hall–Kier alpha value is -3.87. The predicted octanol–water partition coefficient (Wildman–Crippen LogP) is 4.49. The SMILES string of the molecule is COc1ccc(C(CNC(=O)c2cc(OC)c(OC)c(OC)c2)Cc2ccccc2)cc1OC. The first-order valence-corrected chi connectivity index (χ1v) is 10.9. The van der Waals surface area contributed by atoms with Crippen LogP contribution in [0, 0.1) is 0 Å². The molecular formula is C27H31NO6. The predicted molar refractivity (Wildman–Crippen MR) is 131 cm³/mol. The molecule has 0 aromatic heterocycles. The molecule has 0 bridgehead atoms. The molecule has 1 unspecified atom stereocenters. The van der Waals surface area contributed by atoms with Crippen molar-refractivity contribution in [3.8, 4) is 28.7 Å². The summed E-state index contributed by atoms with van der Waals surface area (Å²) in [7, 11) is 7.78. The zero-order valence-electron chi connectivity index (χ0n) is 20.2. The van der Waals surface area contributed by atoms with Crippen molar-refractivity contribution in [2.75, 3.05) is 42.1 Å². The summed E-state index contributed by atoms with van der Waals surface area (Å²) in [5.74, 6) is 2.36. The number of carbonyl (C=O) groups is 1. The topological polar surface area (TPSA) is 75.3 Å². The van der Waals surface area contributed by atoms with Crippen LogP contribution in [-0.2, 0) is 6.42 Å². The molecule has 0 aliphatic carbocycles. The number of methoxy groups -OCH3 is 5. The molecule has 0 radical (unpaired) electrons. The zero-order chi connectivity index (χ0) is 24.5. The Kier molecular flexibility index (Phi) is 8.62. The van der Waals surface area contributed by atoms with Gasteiger partial charge in [0, 0.05) is 18.0 Å². The van der Waals surface area contributed by atoms with Gasteiger partial charge in [-0.3, -0.25) is 4.79 Å². The maximum absolute atomic E-state index is 13.1. The minimum atomic E-state index is -0.238. The van der Waals surface area contributed by atoms with E-state index < -0.39 is 0 Å². The molecule has 34 heavy (non-hydrogen) atoms. The molecule has 0 fully saturated rings. The molecular weight excluding hydrogens is 434 g/mol. The van der Waals surface area contributed by atoms with Crippen LogP contribution in [0.3, 0.4) is 0 Å². The van der Waals surface area contributed by atoms with E-state index in [1.165, 1.54) is 26.9 Å². The fourth-order valence-electron chi connectivity index (χ4n) is 3.84. The minimum absolute atomic E-state index is 0.00759. The van der Waals surface area contributed by atoms with Gasteiger partial charge < -0.3 is 29.0 Å². The fraction of sp³-hybridized carbons (Fsp3) is 0.296. The lowest BCUT2D eigenvalue weighted by atomic mass is 9.91. The van der Waals surface area contributed by atoms with Gasteiger partial charge in [-0.15, -0.1) is 0 Å². The minimum Gasteiger partial charge on any atom is -0.493 e. The number of ether oxygens (including phenoxy) is 5. The highest BCUT2D eigenvalue weighted by Gasteiger charge is 2.20. The van der Waals surface area contributed by atoms with Gasteiger partial charge >= 0.3 is 0 Å². The summed E-state index contributed by atoms with van der Waals surface area (Å²) in [5.41, 5.74) is 2.62. The second-order valence-corrected chi connectivity index (χ2v) is 7.63. The van der Waals surface area contributed by atoms with Gasteiger partial charge in [0.1, 0.15) is 0 Å². The van der Waals surface area contributed by atoms with Crippen molar-refractivity contribution in [1.29, 1.82) is 0 Å². The second-order valence-electron chi connectivity index (χ2n) is 7.63. The van der Waals surface area contributed by atoms with Crippen LogP contribution in [0.15, 0.2) is 60.7 Å². The molecule has 0 aliphatic heterocycles. The van der Waals surface area contributed by atoms with Gasteiger partial charge in [0.2, 0.25) is 5.75 Å². The van der Waals surface area contributed by atoms with E-state index in [2.05, 4.69) is 17.4 Å². The molecule has 1 atom stereocenters. The molecule has 1 N–H and O–H groups in total. The molecule has 0 heterocycles. The largest absolute Gasteiger partial charge is 0.493 e. The number of nitrogens with one attached hydrogen (secondary N) is 1. The Balaban J connectivity index is 1.86. The summed E-state index contributed by atoms with van der Waals surface area (Å²) in [6, 6.07) is 19.3. The highest BCUT2D eigenvalue weighted by atomic mass is 16.5. The first-order chi connectivity index (χ1) is 16.5. The van der Waals surface area contributed by atoms with Crippen molar-refractivity contribution in [1.82, 2.24) is 5.32 Å². The van der Waals surface area contributed by atoms with Crippen LogP contribution in [-0.4, -0.2) is 48.0 Å². The van der Waals surface area contributed by atoms with Crippen LogP contribution in [0.1, 0.15) is 27.4 Å². The zero-order valence-corrected chi connectivity index (χ0v) is 20.2. The van der Waals surface area contributed by atoms with Crippen molar-refractivity contribution in [2.24, 2.45) is 0 Å². The van der Waals surface area contributed by atoms with Crippen LogP contribution in [0.25, 0.3) is 0 Å². The van der Waals surface area contributed by atoms with E-state index >= 15 is 0 Å². The number of amides is 1. The summed E-state index contributed by atoms with van der Waals surface area (Å²) in [6.07, 6.45) is 0.742. The number of carbonyl (C=O) groups excluding carboxylic acids is 1. The average Bonchev–Trinajstić information content (AvgIpc) is 2.89. The monoisotopic (exact) mass is 465 g/mol. The van der Waals surface area contributed by atoms with E-state index in [-0.39, 0.29) is 11.8 Å². The summed E-state index contributed by atoms with van der Waals surface area (Å²) in [4.78, 5) is 13.1. The highest BCUT2D eigenvalue weighted by Crippen LogP contribution is 2.38. The quantitative estimate of drug-likeness (QED) is 0.450. The molecule has 180 valence electrons. The van der Waals surface area contributed by atoms with E-state index in [0.717, 1.165) is 12.0 Å². The maximum atomic E-state index is 13.1. The van der Waals surface area contributed by atoms with Crippen molar-refractivity contribution in [3.63, 3.8) is 0 Å². The van der Waals surface area contributed by atoms with Gasteiger partial charge in [0.15, 0.2) is 23.0 Å². The molecule has 3 rings (SSSR count). The normalized spacial score (nSPS) is 11.3. The lowest BCUT2D eigenvalue weighted by molar-refractivity contribution is 0.0950. The van der Waals surface area contributed by atoms with Crippen LogP contribution >= 0.6 is 0 Å². The summed E-state index contributed by atoms with van der Waals surface area (Å²) < 4.78 is 27.0. The van der Waals surface area contributed by atoms with E-state index in [1.54, 1.807) is 26.4 Å². The molecule has 7 heteroatoms. The van der Waals surface area contributed by atoms with E-state index in [4.69, 9.17) is 23.7 Å². The molecule has 0 saturated carbocycles. The molecule has 0 aliphatic rings. The first kappa shape index (κ1) is 24.8. The number of hydrogen-bond acceptors (Lipinski definition) is 6. The Morgan fingerprint density at radius 1 is 0.735 bits per heavy atom. The molecule has 3 aromatic rings. The molecule has 0 saturated heterocycles. The van der Waals surface area contributed by atoms with Gasteiger partial charge in [-0.2, -0.15) is 0 Å². The number of benzene rings is 3. The Labute approximate surface area is 200 Å². The third kappa shape index (κ3) is 5.73. The Bertz CT molecular complexity index is 1070. The molecule has 3 aromatic carbocycles. The van der Waals surface area contributed by atoms with Gasteiger partial charge in [0.05, 0.1) is 35.5 Å². The Morgan fingerprint density at radius 2 is 1.35 bits per heavy atom. The smallest absolute Gasteiger partial charge is 0.251 e. The van der Waals surface area contributed by atoms with E-state index in [9.17, 15) is 4.79 Å². The third-order valence-corrected chi connectivity index (χ3v) is 5.64. The molecule has 7 nitrogen and oxygen atoms in total. The third-order valence-electron chi connectivity index (χ3n) is 5.64. The van der Waals surface area contributed by atoms with Gasteiger partial charge in [-0.25, -0.2) is 0 Å². The fourth-order valence-corrected chi connectivity index (χ4v) is 3.84. The van der Waals surface area contributed by atoms with Crippen molar-refractivity contribution in [2.45, 2.75) is 12.3 Å². The van der Waals surface area contributed by atoms with E-state index in [1.807, 2.05) is 36.4 Å². The number of rotatable bonds is 11. The van der Waals surface area contributed by atoms with Crippen molar-refractivity contribution >= 4 is 5.91 Å². The van der Waals surface area contributed by atoms with E-state index in [0.29, 0.717) is 40.9 Å². The second kappa shape index (κ2) is 11.8. The summed E-state index contributed by atoms with van der Waals surface area (Å²) in [6.45, 7) is 0.417. The summed E-state index contributed by atoms with van der Waals surface area (Å²) >= 11 is 0. The van der Waals surface area contributed by atoms with Gasteiger partial charge in [-0.1, -0.05) is 36.4 Å². The van der Waals surface area contributed by atoms with Crippen LogP contribution < -0.4 is 29.0 Å². The molecule has 1 amide bonds. The molecule has 0 spiro atoms. The number of hydrogen-bond donors (Lipinski definition) is 1. The van der Waals surface area contributed by atoms with Crippen molar-refractivity contribution < 1.29 is 28.5 Å². The highest BCUT2D eigenvalue weighted by molar-refractivity contribution is 5.95. The lowest BCUT2D eigenvalue weighted by Gasteiger charge is -2.20. The lowest BCUT2D eigenvalue weighted by Crippen LogP contribution is -2.29. The average molecular weight is 466 g/mol.